The predicted octanol–water partition coefficient (Wildman–Crippen LogP) is 12.7. The topological polar surface area (TPSA) is 15.3 Å². The van der Waals surface area contributed by atoms with Crippen molar-refractivity contribution in [3.63, 3.8) is 0 Å². The van der Waals surface area contributed by atoms with Gasteiger partial charge in [0.15, 0.2) is 7.28 Å². The lowest BCUT2D eigenvalue weighted by Crippen LogP contribution is -2.41. The van der Waals surface area contributed by atoms with Crippen molar-refractivity contribution in [2.24, 2.45) is 0 Å². The van der Waals surface area contributed by atoms with Gasteiger partial charge in [0.2, 0.25) is 0 Å². The largest absolute Gasteiger partial charge is 0.355 e. The lowest BCUT2D eigenvalue weighted by atomic mass is 9.57. The molecule has 10 rings (SSSR count). The predicted molar refractivity (Wildman–Crippen MR) is 241 cm³/mol. The molecule has 56 heavy (non-hydrogen) atoms. The van der Waals surface area contributed by atoms with Crippen LogP contribution in [0.25, 0.3) is 55.3 Å². The maximum absolute atomic E-state index is 3.87. The molecule has 0 bridgehead atoms. The Hall–Kier alpha value is -7.10. The molecule has 1 aliphatic rings. The van der Waals surface area contributed by atoms with Crippen LogP contribution in [0.1, 0.15) is 5.56 Å². The third kappa shape index (κ3) is 6.34. The third-order valence-corrected chi connectivity index (χ3v) is 11.1. The fraction of sp³-hybridized carbons (Fsp3) is 0.0189. The molecule has 9 aromatic carbocycles. The summed E-state index contributed by atoms with van der Waals surface area (Å²) >= 11 is 0. The Kier molecular flexibility index (Phi) is 8.54. The van der Waals surface area contributed by atoms with Gasteiger partial charge in [0.25, 0.3) is 0 Å². The number of nitrogens with zero attached hydrogens (tertiary/aromatic N) is 1. The minimum atomic E-state index is 0.817. The molecule has 0 amide bonds. The van der Waals surface area contributed by atoms with Crippen LogP contribution in [-0.4, -0.2) is 7.28 Å². The second-order valence-corrected chi connectivity index (χ2v) is 14.8. The van der Waals surface area contributed by atoms with E-state index in [4.69, 9.17) is 0 Å². The fourth-order valence-corrected chi connectivity index (χ4v) is 8.31. The zero-order valence-electron chi connectivity index (χ0n) is 31.3. The van der Waals surface area contributed by atoms with E-state index in [0.717, 1.165) is 24.3 Å². The van der Waals surface area contributed by atoms with Gasteiger partial charge in [-0.2, -0.15) is 0 Å². The molecule has 1 heterocycles. The number of hydrogen-bond donors (Lipinski definition) is 1. The maximum atomic E-state index is 3.87. The van der Waals surface area contributed by atoms with Gasteiger partial charge in [0, 0.05) is 34.0 Å². The molecule has 0 aliphatic carbocycles. The van der Waals surface area contributed by atoms with Crippen molar-refractivity contribution in [1.29, 1.82) is 0 Å². The van der Waals surface area contributed by atoms with Crippen molar-refractivity contribution in [2.75, 3.05) is 10.2 Å². The maximum Gasteiger partial charge on any atom is 0.198 e. The summed E-state index contributed by atoms with van der Waals surface area (Å²) in [6.07, 6.45) is 0. The molecule has 1 N–H and O–H groups in total. The molecule has 0 saturated carbocycles. The van der Waals surface area contributed by atoms with E-state index in [9.17, 15) is 0 Å². The average Bonchev–Trinajstić information content (AvgIpc) is 3.26. The summed E-state index contributed by atoms with van der Waals surface area (Å²) in [4.78, 5) is 2.48. The van der Waals surface area contributed by atoms with Gasteiger partial charge in [-0.05, 0) is 116 Å². The van der Waals surface area contributed by atoms with Gasteiger partial charge in [0.1, 0.15) is 0 Å². The van der Waals surface area contributed by atoms with E-state index in [0.29, 0.717) is 0 Å². The zero-order chi connectivity index (χ0) is 37.4. The summed E-state index contributed by atoms with van der Waals surface area (Å²) in [6.45, 7) is 2.23. The number of hydrogen-bond acceptors (Lipinski definition) is 2. The van der Waals surface area contributed by atoms with Gasteiger partial charge in [-0.1, -0.05) is 163 Å². The van der Waals surface area contributed by atoms with E-state index in [1.54, 1.807) is 0 Å². The molecule has 2 nitrogen and oxygen atoms in total. The first-order valence-electron chi connectivity index (χ1n) is 19.4. The normalized spacial score (nSPS) is 11.8. The average molecular weight is 715 g/mol. The van der Waals surface area contributed by atoms with Crippen LogP contribution in [0.5, 0.6) is 0 Å². The van der Waals surface area contributed by atoms with Gasteiger partial charge in [-0.3, -0.25) is 0 Å². The Bertz CT molecular complexity index is 2830. The number of nitrogens with one attached hydrogen (secondary N) is 1. The van der Waals surface area contributed by atoms with Crippen molar-refractivity contribution in [3.05, 3.63) is 212 Å². The fourth-order valence-electron chi connectivity index (χ4n) is 8.31. The van der Waals surface area contributed by atoms with E-state index in [-0.39, 0.29) is 0 Å². The zero-order valence-corrected chi connectivity index (χ0v) is 31.3. The molecule has 0 atom stereocenters. The molecule has 0 spiro atoms. The monoisotopic (exact) mass is 714 g/mol. The molecule has 0 unspecified atom stereocenters. The van der Waals surface area contributed by atoms with E-state index in [1.807, 2.05) is 0 Å². The van der Waals surface area contributed by atoms with Gasteiger partial charge in [-0.25, -0.2) is 0 Å². The summed E-state index contributed by atoms with van der Waals surface area (Å²) in [5.74, 6) is 0. The minimum Gasteiger partial charge on any atom is -0.355 e. The van der Waals surface area contributed by atoms with E-state index in [1.165, 1.54) is 83.1 Å². The summed E-state index contributed by atoms with van der Waals surface area (Å²) in [6, 6.07) is 74.9. The number of rotatable bonds is 7. The summed E-state index contributed by atoms with van der Waals surface area (Å²) in [7, 11) is 0.817. The summed E-state index contributed by atoms with van der Waals surface area (Å²) in [5, 5.41) is 6.30. The summed E-state index contributed by atoms with van der Waals surface area (Å²) in [5.41, 5.74) is 19.3. The Morgan fingerprint density at radius 1 is 0.411 bits per heavy atom. The molecule has 0 fully saturated rings. The van der Waals surface area contributed by atoms with Gasteiger partial charge >= 0.3 is 0 Å². The van der Waals surface area contributed by atoms with Gasteiger partial charge < -0.3 is 10.2 Å². The Morgan fingerprint density at radius 3 is 1.55 bits per heavy atom. The third-order valence-electron chi connectivity index (χ3n) is 11.1. The highest BCUT2D eigenvalue weighted by atomic mass is 15.1. The van der Waals surface area contributed by atoms with E-state index >= 15 is 0 Å². The van der Waals surface area contributed by atoms with Gasteiger partial charge in [-0.15, -0.1) is 0 Å². The Labute approximate surface area is 329 Å². The second kappa shape index (κ2) is 14.3. The smallest absolute Gasteiger partial charge is 0.198 e. The Balaban J connectivity index is 1.13. The SMILES string of the molecule is Cc1cc(-c2cc3ccccc3cc2Nc2ccc(-c3ccccc3)cc2)c2c(c1)N(c1ccc(-c3ccccc3)cc1)c1ccc(-c3ccccc3)cc1B2. The number of anilines is 5. The highest BCUT2D eigenvalue weighted by molar-refractivity contribution is 6.73. The van der Waals surface area contributed by atoms with Crippen molar-refractivity contribution in [1.82, 2.24) is 0 Å². The molecule has 0 saturated heterocycles. The summed E-state index contributed by atoms with van der Waals surface area (Å²) < 4.78 is 0. The van der Waals surface area contributed by atoms with Crippen LogP contribution < -0.4 is 21.1 Å². The highest BCUT2D eigenvalue weighted by Gasteiger charge is 2.29. The number of fused-ring (bicyclic) bond motifs is 3. The lowest BCUT2D eigenvalue weighted by molar-refractivity contribution is 1.28. The van der Waals surface area contributed by atoms with Crippen LogP contribution >= 0.6 is 0 Å². The standard InChI is InChI=1S/C53H39BN2/c1-36-31-48(47-33-42-19-11-12-20-43(42)35-50(47)55-45-26-21-40(22-27-45)37-13-5-2-6-14-37)53-52(32-36)56(46-28-23-41(24-29-46)38-15-7-3-8-16-38)51-30-25-44(34-49(51)54-53)39-17-9-4-10-18-39/h2-35,54-55H,1H3. The molecule has 0 radical (unpaired) electrons. The molecule has 0 aromatic heterocycles. The molecule has 264 valence electrons. The quantitative estimate of drug-likeness (QED) is 0.165. The molecular formula is C53H39BN2. The first kappa shape index (κ1) is 33.5. The highest BCUT2D eigenvalue weighted by Crippen LogP contribution is 2.42. The van der Waals surface area contributed by atoms with Crippen molar-refractivity contribution in [2.45, 2.75) is 6.92 Å². The van der Waals surface area contributed by atoms with Crippen LogP contribution in [0.2, 0.25) is 0 Å². The van der Waals surface area contributed by atoms with Crippen molar-refractivity contribution >= 4 is 57.4 Å². The van der Waals surface area contributed by atoms with E-state index < -0.39 is 0 Å². The first-order chi connectivity index (χ1) is 27.6. The van der Waals surface area contributed by atoms with E-state index in [2.05, 4.69) is 223 Å². The lowest BCUT2D eigenvalue weighted by Gasteiger charge is -2.35. The van der Waals surface area contributed by atoms with Crippen LogP contribution in [-0.2, 0) is 0 Å². The minimum absolute atomic E-state index is 0.817. The van der Waals surface area contributed by atoms with Crippen LogP contribution in [0.15, 0.2) is 206 Å². The number of benzene rings is 9. The Morgan fingerprint density at radius 2 is 0.929 bits per heavy atom. The molecule has 1 aliphatic heterocycles. The first-order valence-corrected chi connectivity index (χ1v) is 19.4. The van der Waals surface area contributed by atoms with Crippen molar-refractivity contribution < 1.29 is 0 Å². The van der Waals surface area contributed by atoms with Crippen LogP contribution in [0.3, 0.4) is 0 Å². The van der Waals surface area contributed by atoms with Crippen LogP contribution in [0, 0.1) is 6.92 Å². The molecule has 9 aromatic rings. The molecular weight excluding hydrogens is 675 g/mol. The van der Waals surface area contributed by atoms with Crippen molar-refractivity contribution in [3.8, 4) is 44.5 Å². The second-order valence-electron chi connectivity index (χ2n) is 14.8. The van der Waals surface area contributed by atoms with Gasteiger partial charge in [0.05, 0.1) is 0 Å². The van der Waals surface area contributed by atoms with Crippen LogP contribution in [0.4, 0.5) is 28.4 Å². The molecule has 3 heteroatoms. The number of aryl methyl sites for hydroxylation is 1.